The number of benzene rings is 2. The lowest BCUT2D eigenvalue weighted by atomic mass is 10.1. The fourth-order valence-corrected chi connectivity index (χ4v) is 3.20. The molecule has 1 aromatic heterocycles. The quantitative estimate of drug-likeness (QED) is 0.286. The first-order chi connectivity index (χ1) is 13.5. The van der Waals surface area contributed by atoms with Crippen LogP contribution < -0.4 is 5.11 Å². The van der Waals surface area contributed by atoms with Crippen LogP contribution >= 0.6 is 11.6 Å². The first kappa shape index (κ1) is 19.6. The number of halogens is 1. The van der Waals surface area contributed by atoms with Crippen LogP contribution in [0.5, 0.6) is 5.88 Å². The molecule has 2 aromatic carbocycles. The second-order valence-electron chi connectivity index (χ2n) is 6.07. The predicted octanol–water partition coefficient (Wildman–Crippen LogP) is 3.45. The van der Waals surface area contributed by atoms with Gasteiger partial charge < -0.3 is 14.8 Å². The van der Waals surface area contributed by atoms with Crippen molar-refractivity contribution in [1.29, 1.82) is 0 Å². The zero-order chi connectivity index (χ0) is 20.1. The maximum Gasteiger partial charge on any atom is 0.372 e. The SMILES string of the molecule is CCOC(=O)C[N+](=CCC(=O)c1ccccc1Cl)c1c([O-])[nH]c2ccccc12. The highest BCUT2D eigenvalue weighted by atomic mass is 35.5. The van der Waals surface area contributed by atoms with Crippen LogP contribution in [0.3, 0.4) is 0 Å². The molecule has 28 heavy (non-hydrogen) atoms. The molecule has 0 fully saturated rings. The highest BCUT2D eigenvalue weighted by Crippen LogP contribution is 2.32. The number of rotatable bonds is 7. The second-order valence-corrected chi connectivity index (χ2v) is 6.48. The monoisotopic (exact) mass is 398 g/mol. The summed E-state index contributed by atoms with van der Waals surface area (Å²) in [6.45, 7) is 1.75. The Morgan fingerprint density at radius 3 is 2.64 bits per heavy atom. The molecular weight excluding hydrogens is 380 g/mol. The Morgan fingerprint density at radius 2 is 1.89 bits per heavy atom. The predicted molar refractivity (Wildman–Crippen MR) is 106 cm³/mol. The van der Waals surface area contributed by atoms with Gasteiger partial charge in [-0.05, 0) is 31.2 Å². The van der Waals surface area contributed by atoms with Gasteiger partial charge in [0.25, 0.3) is 0 Å². The van der Waals surface area contributed by atoms with Gasteiger partial charge in [-0.15, -0.1) is 0 Å². The van der Waals surface area contributed by atoms with E-state index in [1.165, 1.54) is 10.8 Å². The van der Waals surface area contributed by atoms with E-state index in [9.17, 15) is 14.7 Å². The fourth-order valence-electron chi connectivity index (χ4n) is 2.96. The number of H-pyrrole nitrogens is 1. The molecule has 0 atom stereocenters. The largest absolute Gasteiger partial charge is 0.856 e. The molecule has 3 rings (SSSR count). The second kappa shape index (κ2) is 8.71. The lowest BCUT2D eigenvalue weighted by Gasteiger charge is -2.07. The molecule has 0 amide bonds. The number of esters is 1. The summed E-state index contributed by atoms with van der Waals surface area (Å²) >= 11 is 6.09. The summed E-state index contributed by atoms with van der Waals surface area (Å²) in [4.78, 5) is 27.4. The molecule has 1 N–H and O–H groups in total. The van der Waals surface area contributed by atoms with Gasteiger partial charge in [0.05, 0.1) is 29.0 Å². The molecule has 0 saturated carbocycles. The van der Waals surface area contributed by atoms with Crippen molar-refractivity contribution in [3.63, 3.8) is 0 Å². The Labute approximate surface area is 167 Å². The minimum absolute atomic E-state index is 0.0257. The molecule has 0 aliphatic carbocycles. The van der Waals surface area contributed by atoms with Crippen LogP contribution in [0, 0.1) is 0 Å². The van der Waals surface area contributed by atoms with Crippen LogP contribution in [0.1, 0.15) is 23.7 Å². The molecule has 6 nitrogen and oxygen atoms in total. The summed E-state index contributed by atoms with van der Waals surface area (Å²) in [7, 11) is 0. The highest BCUT2D eigenvalue weighted by Gasteiger charge is 2.22. The molecule has 0 spiro atoms. The van der Waals surface area contributed by atoms with E-state index < -0.39 is 5.97 Å². The Hall–Kier alpha value is -3.12. The van der Waals surface area contributed by atoms with Crippen molar-refractivity contribution in [2.24, 2.45) is 0 Å². The van der Waals surface area contributed by atoms with E-state index in [1.807, 2.05) is 6.07 Å². The highest BCUT2D eigenvalue weighted by molar-refractivity contribution is 6.34. The van der Waals surface area contributed by atoms with E-state index in [1.54, 1.807) is 49.4 Å². The minimum atomic E-state index is -0.492. The smallest absolute Gasteiger partial charge is 0.372 e. The molecule has 7 heteroatoms. The minimum Gasteiger partial charge on any atom is -0.856 e. The van der Waals surface area contributed by atoms with Crippen molar-refractivity contribution in [3.05, 3.63) is 59.1 Å². The zero-order valence-electron chi connectivity index (χ0n) is 15.3. The molecule has 144 valence electrons. The van der Waals surface area contributed by atoms with Crippen molar-refractivity contribution in [1.82, 2.24) is 4.98 Å². The van der Waals surface area contributed by atoms with Crippen LogP contribution in [0.2, 0.25) is 5.02 Å². The topological polar surface area (TPSA) is 85.2 Å². The Bertz CT molecular complexity index is 1060. The standard InChI is InChI=1S/C21H19ClN2O4/c1-2-28-19(26)13-24(12-11-18(25)14-7-3-5-9-16(14)22)20-15-8-4-6-10-17(15)23-21(20)27/h3-10,12,23H,2,11,13H2,1H3. The number of nitrogens with one attached hydrogen (secondary N) is 1. The summed E-state index contributed by atoms with van der Waals surface area (Å²) in [6, 6.07) is 13.9. The molecule has 0 radical (unpaired) electrons. The molecule has 1 heterocycles. The summed E-state index contributed by atoms with van der Waals surface area (Å²) in [5.41, 5.74) is 1.34. The Kier molecular flexibility index (Phi) is 6.11. The average Bonchev–Trinajstić information content (AvgIpc) is 3.01. The number of para-hydroxylation sites is 1. The first-order valence-electron chi connectivity index (χ1n) is 8.82. The summed E-state index contributed by atoms with van der Waals surface area (Å²) in [5, 5.41) is 13.5. The number of aromatic amines is 1. The number of aromatic nitrogens is 1. The van der Waals surface area contributed by atoms with Gasteiger partial charge in [0, 0.05) is 11.4 Å². The van der Waals surface area contributed by atoms with Crippen molar-refractivity contribution < 1.29 is 24.0 Å². The molecule has 0 saturated heterocycles. The number of hydrogen-bond donors (Lipinski definition) is 1. The maximum atomic E-state index is 12.6. The Morgan fingerprint density at radius 1 is 1.18 bits per heavy atom. The third-order valence-electron chi connectivity index (χ3n) is 4.21. The van der Waals surface area contributed by atoms with E-state index in [0.29, 0.717) is 27.2 Å². The number of carbonyl (C=O) groups excluding carboxylic acids is 2. The van der Waals surface area contributed by atoms with E-state index >= 15 is 0 Å². The van der Waals surface area contributed by atoms with Gasteiger partial charge in [-0.2, -0.15) is 4.58 Å². The first-order valence-corrected chi connectivity index (χ1v) is 9.20. The van der Waals surface area contributed by atoms with Crippen LogP contribution in [0.4, 0.5) is 5.69 Å². The van der Waals surface area contributed by atoms with Crippen LogP contribution in [-0.2, 0) is 9.53 Å². The number of carbonyl (C=O) groups is 2. The van der Waals surface area contributed by atoms with Crippen LogP contribution in [0.15, 0.2) is 48.5 Å². The van der Waals surface area contributed by atoms with Crippen LogP contribution in [-0.4, -0.2) is 40.7 Å². The van der Waals surface area contributed by atoms with Crippen LogP contribution in [0.25, 0.3) is 10.9 Å². The average molecular weight is 399 g/mol. The van der Waals surface area contributed by atoms with Gasteiger partial charge in [-0.1, -0.05) is 35.9 Å². The number of nitrogens with zero attached hydrogens (tertiary/aromatic N) is 1. The van der Waals surface area contributed by atoms with Gasteiger partial charge in [0.2, 0.25) is 12.2 Å². The lowest BCUT2D eigenvalue weighted by molar-refractivity contribution is -0.435. The number of hydrogen-bond acceptors (Lipinski definition) is 4. The van der Waals surface area contributed by atoms with Gasteiger partial charge in [0.15, 0.2) is 12.0 Å². The van der Waals surface area contributed by atoms with Gasteiger partial charge >= 0.3 is 5.97 Å². The number of fused-ring (bicyclic) bond motifs is 1. The van der Waals surface area contributed by atoms with E-state index in [-0.39, 0.29) is 31.2 Å². The summed E-state index contributed by atoms with van der Waals surface area (Å²) in [5.74, 6) is -1.05. The van der Waals surface area contributed by atoms with Crippen molar-refractivity contribution in [2.45, 2.75) is 13.3 Å². The zero-order valence-corrected chi connectivity index (χ0v) is 16.0. The normalized spacial score (nSPS) is 11.6. The molecule has 0 aliphatic heterocycles. The fraction of sp³-hybridized carbons (Fsp3) is 0.190. The van der Waals surface area contributed by atoms with E-state index in [2.05, 4.69) is 4.98 Å². The number of Topliss-reactive ketones (excluding diaryl/α,β-unsaturated/α-hetero) is 1. The van der Waals surface area contributed by atoms with Gasteiger partial charge in [-0.3, -0.25) is 4.79 Å². The summed E-state index contributed by atoms with van der Waals surface area (Å²) in [6.07, 6.45) is 1.50. The molecule has 0 unspecified atom stereocenters. The molecular formula is C21H19ClN2O4. The van der Waals surface area contributed by atoms with E-state index in [4.69, 9.17) is 16.3 Å². The Balaban J connectivity index is 1.98. The number of ketones is 1. The number of ether oxygens (including phenoxy) is 1. The molecule has 0 bridgehead atoms. The van der Waals surface area contributed by atoms with Crippen molar-refractivity contribution >= 4 is 46.2 Å². The lowest BCUT2D eigenvalue weighted by Crippen LogP contribution is -2.22. The molecule has 3 aromatic rings. The third kappa shape index (κ3) is 4.23. The maximum absolute atomic E-state index is 12.6. The van der Waals surface area contributed by atoms with Gasteiger partial charge in [0.1, 0.15) is 0 Å². The van der Waals surface area contributed by atoms with Crippen molar-refractivity contribution in [3.8, 4) is 5.88 Å². The van der Waals surface area contributed by atoms with Crippen molar-refractivity contribution in [2.75, 3.05) is 13.2 Å². The third-order valence-corrected chi connectivity index (χ3v) is 4.54. The summed E-state index contributed by atoms with van der Waals surface area (Å²) < 4.78 is 6.48. The van der Waals surface area contributed by atoms with E-state index in [0.717, 1.165) is 0 Å². The molecule has 0 aliphatic rings. The van der Waals surface area contributed by atoms with Gasteiger partial charge in [-0.25, -0.2) is 4.79 Å².